The van der Waals surface area contributed by atoms with Crippen LogP contribution in [0.25, 0.3) is 0 Å². The number of carbonyl (C=O) groups is 2. The highest BCUT2D eigenvalue weighted by Crippen LogP contribution is 2.36. The van der Waals surface area contributed by atoms with Crippen LogP contribution < -0.4 is 0 Å². The Morgan fingerprint density at radius 2 is 2.05 bits per heavy atom. The zero-order valence-corrected chi connectivity index (χ0v) is 14.3. The lowest BCUT2D eigenvalue weighted by atomic mass is 9.70. The standard InChI is InChI=1S/C16H26O3Si/c1-12-9-10-14(17)15(16(18)19-2)13(12)8-6-7-11-20(3,4)5/h12-13,15H,6,8-10H2,1-5H3/t12-,13-,15-/m0/s1. The minimum Gasteiger partial charge on any atom is -0.468 e. The summed E-state index contributed by atoms with van der Waals surface area (Å²) >= 11 is 0. The second-order valence-electron chi connectivity index (χ2n) is 6.74. The Bertz CT molecular complexity index is 417. The third-order valence-corrected chi connectivity index (χ3v) is 4.80. The maximum Gasteiger partial charge on any atom is 0.316 e. The normalized spacial score (nSPS) is 26.6. The molecule has 3 atom stereocenters. The molecule has 0 spiro atoms. The highest BCUT2D eigenvalue weighted by Gasteiger charge is 2.41. The Morgan fingerprint density at radius 3 is 2.60 bits per heavy atom. The molecule has 0 aromatic rings. The van der Waals surface area contributed by atoms with Crippen LogP contribution in [0.5, 0.6) is 0 Å². The van der Waals surface area contributed by atoms with Gasteiger partial charge in [0.2, 0.25) is 0 Å². The molecule has 112 valence electrons. The van der Waals surface area contributed by atoms with Crippen LogP contribution in [0.2, 0.25) is 19.6 Å². The van der Waals surface area contributed by atoms with Crippen LogP contribution >= 0.6 is 0 Å². The maximum atomic E-state index is 12.0. The lowest BCUT2D eigenvalue weighted by Crippen LogP contribution is -2.39. The second kappa shape index (κ2) is 7.08. The number of methoxy groups -OCH3 is 1. The van der Waals surface area contributed by atoms with Crippen LogP contribution in [0.1, 0.15) is 32.6 Å². The van der Waals surface area contributed by atoms with Gasteiger partial charge in [-0.25, -0.2) is 0 Å². The van der Waals surface area contributed by atoms with Crippen molar-refractivity contribution in [2.75, 3.05) is 7.11 Å². The fraction of sp³-hybridized carbons (Fsp3) is 0.750. The van der Waals surface area contributed by atoms with Crippen LogP contribution in [0.3, 0.4) is 0 Å². The molecule has 1 rings (SSSR count). The summed E-state index contributed by atoms with van der Waals surface area (Å²) in [5.74, 6) is 2.79. The van der Waals surface area contributed by atoms with E-state index in [4.69, 9.17) is 4.74 Å². The fourth-order valence-corrected chi connectivity index (χ4v) is 3.41. The quantitative estimate of drug-likeness (QED) is 0.348. The first-order valence-electron chi connectivity index (χ1n) is 7.37. The summed E-state index contributed by atoms with van der Waals surface area (Å²) in [6.07, 6.45) is 2.95. The molecule has 1 saturated carbocycles. The molecule has 1 aliphatic carbocycles. The Balaban J connectivity index is 2.73. The molecular formula is C16H26O3Si. The van der Waals surface area contributed by atoms with Gasteiger partial charge in [0.05, 0.1) is 7.11 Å². The molecule has 0 saturated heterocycles. The van der Waals surface area contributed by atoms with E-state index < -0.39 is 14.0 Å². The molecule has 0 amide bonds. The molecule has 0 aromatic heterocycles. The van der Waals surface area contributed by atoms with Crippen LogP contribution in [0, 0.1) is 29.2 Å². The summed E-state index contributed by atoms with van der Waals surface area (Å²) in [6.45, 7) is 8.76. The highest BCUT2D eigenvalue weighted by atomic mass is 28.3. The maximum absolute atomic E-state index is 12.0. The van der Waals surface area contributed by atoms with Gasteiger partial charge < -0.3 is 4.74 Å². The first-order chi connectivity index (χ1) is 9.26. The van der Waals surface area contributed by atoms with E-state index >= 15 is 0 Å². The molecule has 20 heavy (non-hydrogen) atoms. The third-order valence-electron chi connectivity index (χ3n) is 3.87. The van der Waals surface area contributed by atoms with Crippen LogP contribution in [-0.4, -0.2) is 26.9 Å². The van der Waals surface area contributed by atoms with Gasteiger partial charge in [0.15, 0.2) is 0 Å². The topological polar surface area (TPSA) is 43.4 Å². The summed E-state index contributed by atoms with van der Waals surface area (Å²) in [7, 11) is 0.0183. The molecule has 0 unspecified atom stereocenters. The number of Topliss-reactive ketones (excluding diaryl/α,β-unsaturated/α-hetero) is 1. The number of hydrogen-bond donors (Lipinski definition) is 0. The zero-order valence-electron chi connectivity index (χ0n) is 13.3. The fourth-order valence-electron chi connectivity index (χ4n) is 2.76. The van der Waals surface area contributed by atoms with Gasteiger partial charge in [0.25, 0.3) is 0 Å². The molecule has 0 radical (unpaired) electrons. The molecule has 3 nitrogen and oxygen atoms in total. The lowest BCUT2D eigenvalue weighted by molar-refractivity contribution is -0.154. The molecule has 1 aliphatic rings. The zero-order chi connectivity index (χ0) is 15.3. The summed E-state index contributed by atoms with van der Waals surface area (Å²) in [6, 6.07) is 0. The van der Waals surface area contributed by atoms with Crippen molar-refractivity contribution in [3.05, 3.63) is 0 Å². The van der Waals surface area contributed by atoms with Crippen molar-refractivity contribution in [2.45, 2.75) is 52.2 Å². The van der Waals surface area contributed by atoms with E-state index in [1.807, 2.05) is 0 Å². The Hall–Kier alpha value is -1.08. The molecule has 0 N–H and O–H groups in total. The van der Waals surface area contributed by atoms with Crippen LogP contribution in [-0.2, 0) is 14.3 Å². The largest absolute Gasteiger partial charge is 0.468 e. The van der Waals surface area contributed by atoms with Gasteiger partial charge in [0, 0.05) is 12.8 Å². The third kappa shape index (κ3) is 4.79. The predicted octanol–water partition coefficient (Wildman–Crippen LogP) is 3.05. The van der Waals surface area contributed by atoms with E-state index in [0.29, 0.717) is 12.3 Å². The predicted molar refractivity (Wildman–Crippen MR) is 82.8 cm³/mol. The van der Waals surface area contributed by atoms with Gasteiger partial charge in [0.1, 0.15) is 19.8 Å². The minimum atomic E-state index is -1.34. The van der Waals surface area contributed by atoms with Gasteiger partial charge in [-0.05, 0) is 24.7 Å². The van der Waals surface area contributed by atoms with Gasteiger partial charge in [-0.1, -0.05) is 26.6 Å². The van der Waals surface area contributed by atoms with Gasteiger partial charge >= 0.3 is 5.97 Å². The summed E-state index contributed by atoms with van der Waals surface area (Å²) in [5.41, 5.74) is 3.33. The van der Waals surface area contributed by atoms with Crippen molar-refractivity contribution >= 4 is 19.8 Å². The molecule has 4 heteroatoms. The average molecular weight is 294 g/mol. The lowest BCUT2D eigenvalue weighted by Gasteiger charge is -2.33. The van der Waals surface area contributed by atoms with Crippen molar-refractivity contribution in [1.29, 1.82) is 0 Å². The van der Waals surface area contributed by atoms with E-state index in [0.717, 1.165) is 19.3 Å². The molecule has 0 heterocycles. The van der Waals surface area contributed by atoms with Crippen LogP contribution in [0.15, 0.2) is 0 Å². The number of rotatable bonds is 3. The SMILES string of the molecule is COC(=O)[C@@H]1C(=O)CC[C@H](C)[C@@H]1CCC#C[Si](C)(C)C. The Labute approximate surface area is 123 Å². The van der Waals surface area contributed by atoms with Gasteiger partial charge in [-0.2, -0.15) is 0 Å². The number of carbonyl (C=O) groups excluding carboxylic acids is 2. The van der Waals surface area contributed by atoms with Crippen molar-refractivity contribution in [3.63, 3.8) is 0 Å². The van der Waals surface area contributed by atoms with E-state index in [2.05, 4.69) is 38.0 Å². The number of esters is 1. The first kappa shape index (κ1) is 17.0. The Morgan fingerprint density at radius 1 is 1.40 bits per heavy atom. The van der Waals surface area contributed by atoms with Gasteiger partial charge in [-0.3, -0.25) is 9.59 Å². The van der Waals surface area contributed by atoms with E-state index in [1.165, 1.54) is 7.11 Å². The molecule has 0 aliphatic heterocycles. The van der Waals surface area contributed by atoms with Crippen molar-refractivity contribution in [2.24, 2.45) is 17.8 Å². The molecule has 1 fully saturated rings. The van der Waals surface area contributed by atoms with Crippen LogP contribution in [0.4, 0.5) is 0 Å². The second-order valence-corrected chi connectivity index (χ2v) is 11.5. The summed E-state index contributed by atoms with van der Waals surface area (Å²) < 4.78 is 4.81. The first-order valence-corrected chi connectivity index (χ1v) is 10.9. The summed E-state index contributed by atoms with van der Waals surface area (Å²) in [5, 5.41) is 0. The van der Waals surface area contributed by atoms with E-state index in [1.54, 1.807) is 0 Å². The number of hydrogen-bond acceptors (Lipinski definition) is 3. The van der Waals surface area contributed by atoms with Crippen molar-refractivity contribution < 1.29 is 14.3 Å². The molecule has 0 aromatic carbocycles. The number of ether oxygens (including phenoxy) is 1. The van der Waals surface area contributed by atoms with E-state index in [9.17, 15) is 9.59 Å². The van der Waals surface area contributed by atoms with E-state index in [-0.39, 0.29) is 17.7 Å². The smallest absolute Gasteiger partial charge is 0.316 e. The molecular weight excluding hydrogens is 268 g/mol. The monoisotopic (exact) mass is 294 g/mol. The Kier molecular flexibility index (Phi) is 6.00. The highest BCUT2D eigenvalue weighted by molar-refractivity contribution is 6.83. The average Bonchev–Trinajstić information content (AvgIpc) is 2.36. The number of ketones is 1. The minimum absolute atomic E-state index is 0.0399. The van der Waals surface area contributed by atoms with Crippen molar-refractivity contribution in [1.82, 2.24) is 0 Å². The molecule has 0 bridgehead atoms. The summed E-state index contributed by atoms with van der Waals surface area (Å²) in [4.78, 5) is 23.9. The van der Waals surface area contributed by atoms with Gasteiger partial charge in [-0.15, -0.1) is 11.5 Å². The van der Waals surface area contributed by atoms with Crippen molar-refractivity contribution in [3.8, 4) is 11.5 Å².